The van der Waals surface area contributed by atoms with E-state index in [1.54, 1.807) is 36.4 Å². The lowest BCUT2D eigenvalue weighted by Gasteiger charge is -2.13. The first-order chi connectivity index (χ1) is 13.4. The van der Waals surface area contributed by atoms with Crippen molar-refractivity contribution in [1.29, 1.82) is 0 Å². The van der Waals surface area contributed by atoms with Gasteiger partial charge >= 0.3 is 5.76 Å². The summed E-state index contributed by atoms with van der Waals surface area (Å²) in [5, 5.41) is 5.53. The number of carbonyl (C=O) groups excluding carboxylic acids is 1. The normalized spacial score (nSPS) is 11.4. The number of anilines is 2. The van der Waals surface area contributed by atoms with E-state index in [4.69, 9.17) is 4.42 Å². The van der Waals surface area contributed by atoms with E-state index in [-0.39, 0.29) is 18.0 Å². The first-order valence-electron chi connectivity index (χ1n) is 8.16. The van der Waals surface area contributed by atoms with E-state index in [2.05, 4.69) is 10.6 Å². The van der Waals surface area contributed by atoms with E-state index in [1.165, 1.54) is 24.5 Å². The second-order valence-electron chi connectivity index (χ2n) is 5.79. The number of rotatable bonds is 7. The van der Waals surface area contributed by atoms with Crippen molar-refractivity contribution in [2.24, 2.45) is 0 Å². The fraction of sp³-hybridized carbons (Fsp3) is 0.105. The summed E-state index contributed by atoms with van der Waals surface area (Å²) in [5.74, 6) is -3.76. The zero-order chi connectivity index (χ0) is 20.1. The van der Waals surface area contributed by atoms with Crippen LogP contribution in [0.25, 0.3) is 0 Å². The molecule has 9 heteroatoms. The molecule has 2 aromatic carbocycles. The van der Waals surface area contributed by atoms with Gasteiger partial charge in [-0.1, -0.05) is 24.3 Å². The number of nitrogens with one attached hydrogen (secondary N) is 2. The van der Waals surface area contributed by atoms with Crippen LogP contribution in [0.1, 0.15) is 16.1 Å². The SMILES string of the molecule is O=C(Nc1cccc(CNc2ccccc2S(=O)(=O)C(F)F)c1)c1ccco1. The molecular weight excluding hydrogens is 390 g/mol. The molecule has 0 saturated heterocycles. The van der Waals surface area contributed by atoms with E-state index < -0.39 is 26.4 Å². The standard InChI is InChI=1S/C19H16F2N2O4S/c20-19(21)28(25,26)17-9-2-1-7-15(17)22-12-13-5-3-6-14(11-13)23-18(24)16-8-4-10-27-16/h1-11,19,22H,12H2,(H,23,24). The van der Waals surface area contributed by atoms with Crippen LogP contribution in [0.4, 0.5) is 20.2 Å². The van der Waals surface area contributed by atoms with Crippen molar-refractivity contribution in [2.75, 3.05) is 10.6 Å². The van der Waals surface area contributed by atoms with Crippen LogP contribution in [0.3, 0.4) is 0 Å². The summed E-state index contributed by atoms with van der Waals surface area (Å²) in [5.41, 5.74) is 1.29. The van der Waals surface area contributed by atoms with Gasteiger partial charge in [0, 0.05) is 12.2 Å². The minimum atomic E-state index is -4.72. The van der Waals surface area contributed by atoms with Crippen LogP contribution >= 0.6 is 0 Å². The maximum atomic E-state index is 12.9. The highest BCUT2D eigenvalue weighted by Gasteiger charge is 2.28. The van der Waals surface area contributed by atoms with E-state index in [9.17, 15) is 22.0 Å². The maximum absolute atomic E-state index is 12.9. The molecule has 0 spiro atoms. The van der Waals surface area contributed by atoms with Crippen LogP contribution in [-0.4, -0.2) is 20.1 Å². The number of para-hydroxylation sites is 1. The van der Waals surface area contributed by atoms with E-state index in [1.807, 2.05) is 0 Å². The zero-order valence-corrected chi connectivity index (χ0v) is 15.2. The van der Waals surface area contributed by atoms with E-state index in [0.29, 0.717) is 11.3 Å². The van der Waals surface area contributed by atoms with Gasteiger partial charge in [-0.2, -0.15) is 8.78 Å². The second-order valence-corrected chi connectivity index (χ2v) is 7.67. The Morgan fingerprint density at radius 3 is 2.54 bits per heavy atom. The summed E-state index contributed by atoms with van der Waals surface area (Å²) >= 11 is 0. The van der Waals surface area contributed by atoms with Gasteiger partial charge in [0.2, 0.25) is 9.84 Å². The number of amides is 1. The van der Waals surface area contributed by atoms with Gasteiger partial charge in [0.25, 0.3) is 5.91 Å². The number of sulfone groups is 1. The maximum Gasteiger partial charge on any atom is 0.341 e. The van der Waals surface area contributed by atoms with Gasteiger partial charge in [-0.3, -0.25) is 4.79 Å². The Balaban J connectivity index is 1.73. The third-order valence-corrected chi connectivity index (χ3v) is 5.28. The van der Waals surface area contributed by atoms with Gasteiger partial charge in [-0.05, 0) is 42.0 Å². The first kappa shape index (κ1) is 19.6. The van der Waals surface area contributed by atoms with Gasteiger partial charge in [0.1, 0.15) is 0 Å². The van der Waals surface area contributed by atoms with Crippen molar-refractivity contribution < 1.29 is 26.4 Å². The number of furan rings is 1. The van der Waals surface area contributed by atoms with Crippen molar-refractivity contribution in [3.8, 4) is 0 Å². The average Bonchev–Trinajstić information content (AvgIpc) is 3.22. The predicted octanol–water partition coefficient (Wildman–Crippen LogP) is 4.14. The molecule has 0 fully saturated rings. The average molecular weight is 406 g/mol. The Morgan fingerprint density at radius 1 is 1.04 bits per heavy atom. The lowest BCUT2D eigenvalue weighted by atomic mass is 10.2. The minimum Gasteiger partial charge on any atom is -0.459 e. The molecule has 2 N–H and O–H groups in total. The highest BCUT2D eigenvalue weighted by atomic mass is 32.2. The third-order valence-electron chi connectivity index (χ3n) is 3.84. The number of halogens is 2. The molecule has 28 heavy (non-hydrogen) atoms. The number of benzene rings is 2. The quantitative estimate of drug-likeness (QED) is 0.616. The van der Waals surface area contributed by atoms with Gasteiger partial charge < -0.3 is 15.1 Å². The molecule has 3 rings (SSSR count). The highest BCUT2D eigenvalue weighted by molar-refractivity contribution is 7.91. The molecule has 0 aliphatic carbocycles. The van der Waals surface area contributed by atoms with Gasteiger partial charge in [0.05, 0.1) is 16.8 Å². The summed E-state index contributed by atoms with van der Waals surface area (Å²) in [6.07, 6.45) is 1.39. The van der Waals surface area contributed by atoms with Gasteiger partial charge in [-0.15, -0.1) is 0 Å². The molecule has 0 aliphatic heterocycles. The molecule has 0 atom stereocenters. The monoisotopic (exact) mass is 406 g/mol. The largest absolute Gasteiger partial charge is 0.459 e. The summed E-state index contributed by atoms with van der Waals surface area (Å²) in [4.78, 5) is 11.6. The Kier molecular flexibility index (Phi) is 5.74. The van der Waals surface area contributed by atoms with Crippen LogP contribution in [0.2, 0.25) is 0 Å². The smallest absolute Gasteiger partial charge is 0.341 e. The van der Waals surface area contributed by atoms with Crippen molar-refractivity contribution in [3.63, 3.8) is 0 Å². The third kappa shape index (κ3) is 4.37. The van der Waals surface area contributed by atoms with Crippen molar-refractivity contribution in [3.05, 3.63) is 78.3 Å². The predicted molar refractivity (Wildman–Crippen MR) is 100 cm³/mol. The molecule has 6 nitrogen and oxygen atoms in total. The molecule has 1 aromatic heterocycles. The van der Waals surface area contributed by atoms with Gasteiger partial charge in [-0.25, -0.2) is 8.42 Å². The number of hydrogen-bond donors (Lipinski definition) is 2. The number of alkyl halides is 2. The number of hydrogen-bond acceptors (Lipinski definition) is 5. The van der Waals surface area contributed by atoms with Crippen LogP contribution in [-0.2, 0) is 16.4 Å². The van der Waals surface area contributed by atoms with Crippen LogP contribution in [0, 0.1) is 0 Å². The fourth-order valence-electron chi connectivity index (χ4n) is 2.51. The lowest BCUT2D eigenvalue weighted by Crippen LogP contribution is -2.14. The zero-order valence-electron chi connectivity index (χ0n) is 14.4. The second kappa shape index (κ2) is 8.22. The van der Waals surface area contributed by atoms with Crippen molar-refractivity contribution in [2.45, 2.75) is 17.2 Å². The molecule has 3 aromatic rings. The summed E-state index contributed by atoms with van der Waals surface area (Å²) in [6, 6.07) is 15.4. The topological polar surface area (TPSA) is 88.4 Å². The summed E-state index contributed by atoms with van der Waals surface area (Å²) in [7, 11) is -4.72. The van der Waals surface area contributed by atoms with Crippen LogP contribution in [0.5, 0.6) is 0 Å². The van der Waals surface area contributed by atoms with Crippen LogP contribution in [0.15, 0.2) is 76.2 Å². The molecule has 1 amide bonds. The van der Waals surface area contributed by atoms with E-state index in [0.717, 1.165) is 6.07 Å². The molecule has 0 saturated carbocycles. The Hall–Kier alpha value is -3.20. The fourth-order valence-corrected chi connectivity index (χ4v) is 3.42. The Bertz CT molecular complexity index is 1070. The molecular formula is C19H16F2N2O4S. The van der Waals surface area contributed by atoms with E-state index >= 15 is 0 Å². The molecule has 0 unspecified atom stereocenters. The summed E-state index contributed by atoms with van der Waals surface area (Å²) < 4.78 is 54.4. The van der Waals surface area contributed by atoms with Crippen molar-refractivity contribution in [1.82, 2.24) is 0 Å². The summed E-state index contributed by atoms with van der Waals surface area (Å²) in [6.45, 7) is 0.167. The van der Waals surface area contributed by atoms with Crippen LogP contribution < -0.4 is 10.6 Å². The molecule has 0 radical (unpaired) electrons. The highest BCUT2D eigenvalue weighted by Crippen LogP contribution is 2.26. The Labute approximate surface area is 160 Å². The first-order valence-corrected chi connectivity index (χ1v) is 9.71. The lowest BCUT2D eigenvalue weighted by molar-refractivity contribution is 0.0996. The van der Waals surface area contributed by atoms with Gasteiger partial charge in [0.15, 0.2) is 5.76 Å². The molecule has 146 valence electrons. The number of carbonyl (C=O) groups is 1. The molecule has 0 aliphatic rings. The Morgan fingerprint density at radius 2 is 1.82 bits per heavy atom. The molecule has 0 bridgehead atoms. The van der Waals surface area contributed by atoms with Crippen molar-refractivity contribution >= 4 is 27.1 Å². The molecule has 1 heterocycles. The minimum absolute atomic E-state index is 0.0767.